The molecule has 0 amide bonds. The van der Waals surface area contributed by atoms with Gasteiger partial charge in [-0.15, -0.1) is 13.2 Å². The lowest BCUT2D eigenvalue weighted by Crippen LogP contribution is -1.78. The highest BCUT2D eigenvalue weighted by Gasteiger charge is 1.87. The van der Waals surface area contributed by atoms with Crippen LogP contribution in [0.2, 0.25) is 0 Å². The van der Waals surface area contributed by atoms with Gasteiger partial charge in [0.05, 0.1) is 0 Å². The monoisotopic (exact) mass is 148 g/mol. The van der Waals surface area contributed by atoms with Crippen LogP contribution in [0, 0.1) is 20.8 Å². The summed E-state index contributed by atoms with van der Waals surface area (Å²) < 4.78 is 0. The average Bonchev–Trinajstić information content (AvgIpc) is 1.88. The van der Waals surface area contributed by atoms with Crippen molar-refractivity contribution in [2.24, 2.45) is 0 Å². The van der Waals surface area contributed by atoms with Crippen molar-refractivity contribution in [2.75, 3.05) is 0 Å². The van der Waals surface area contributed by atoms with Crippen molar-refractivity contribution in [1.29, 1.82) is 0 Å². The number of hydrogen-bond acceptors (Lipinski definition) is 0. The third kappa shape index (κ3) is 3.61. The number of benzene rings is 1. The first-order chi connectivity index (χ1) is 5.18. The molecular formula is C11H16. The fourth-order valence-electron chi connectivity index (χ4n) is 1.20. The zero-order valence-corrected chi connectivity index (χ0v) is 7.65. The van der Waals surface area contributed by atoms with E-state index in [2.05, 4.69) is 52.1 Å². The Hall–Kier alpha value is -1.04. The van der Waals surface area contributed by atoms with Gasteiger partial charge in [0.25, 0.3) is 0 Å². The molecular weight excluding hydrogens is 132 g/mol. The van der Waals surface area contributed by atoms with Crippen LogP contribution in [-0.4, -0.2) is 0 Å². The second kappa shape index (κ2) is 4.73. The van der Waals surface area contributed by atoms with Gasteiger partial charge in [-0.25, -0.2) is 0 Å². The molecule has 0 aliphatic rings. The number of aryl methyl sites for hydroxylation is 3. The maximum atomic E-state index is 3.00. The van der Waals surface area contributed by atoms with Crippen LogP contribution in [0.5, 0.6) is 0 Å². The Labute approximate surface area is 69.6 Å². The van der Waals surface area contributed by atoms with E-state index in [9.17, 15) is 0 Å². The van der Waals surface area contributed by atoms with Gasteiger partial charge in [-0.3, -0.25) is 0 Å². The van der Waals surface area contributed by atoms with Gasteiger partial charge in [-0.2, -0.15) is 0 Å². The maximum Gasteiger partial charge on any atom is -0.0398 e. The molecule has 1 aromatic rings. The Bertz CT molecular complexity index is 173. The van der Waals surface area contributed by atoms with Gasteiger partial charge in [0.2, 0.25) is 0 Å². The van der Waals surface area contributed by atoms with Crippen LogP contribution in [0.15, 0.2) is 31.4 Å². The Kier molecular flexibility index (Phi) is 4.28. The van der Waals surface area contributed by atoms with Crippen LogP contribution < -0.4 is 0 Å². The van der Waals surface area contributed by atoms with Crippen molar-refractivity contribution in [1.82, 2.24) is 0 Å². The van der Waals surface area contributed by atoms with Crippen molar-refractivity contribution in [3.05, 3.63) is 48.0 Å². The van der Waals surface area contributed by atoms with Crippen LogP contribution in [0.25, 0.3) is 0 Å². The van der Waals surface area contributed by atoms with Crippen molar-refractivity contribution >= 4 is 0 Å². The Balaban J connectivity index is 0.000000461. The zero-order valence-electron chi connectivity index (χ0n) is 7.65. The molecule has 0 atom stereocenters. The molecule has 0 radical (unpaired) electrons. The van der Waals surface area contributed by atoms with Gasteiger partial charge in [-0.1, -0.05) is 34.9 Å². The summed E-state index contributed by atoms with van der Waals surface area (Å²) in [6.07, 6.45) is 0. The van der Waals surface area contributed by atoms with E-state index in [0.717, 1.165) is 0 Å². The Morgan fingerprint density at radius 2 is 0.909 bits per heavy atom. The lowest BCUT2D eigenvalue weighted by atomic mass is 10.1. The molecule has 0 N–H and O–H groups in total. The Morgan fingerprint density at radius 1 is 0.727 bits per heavy atom. The molecule has 0 nitrogen and oxygen atoms in total. The molecule has 0 saturated carbocycles. The van der Waals surface area contributed by atoms with Gasteiger partial charge in [0.15, 0.2) is 0 Å². The van der Waals surface area contributed by atoms with Gasteiger partial charge < -0.3 is 0 Å². The van der Waals surface area contributed by atoms with Crippen LogP contribution in [0.4, 0.5) is 0 Å². The van der Waals surface area contributed by atoms with Crippen LogP contribution in [-0.2, 0) is 0 Å². The van der Waals surface area contributed by atoms with Crippen molar-refractivity contribution in [3.63, 3.8) is 0 Å². The van der Waals surface area contributed by atoms with E-state index >= 15 is 0 Å². The molecule has 0 unspecified atom stereocenters. The molecule has 1 rings (SSSR count). The molecule has 0 heteroatoms. The van der Waals surface area contributed by atoms with E-state index in [1.807, 2.05) is 0 Å². The molecule has 0 fully saturated rings. The van der Waals surface area contributed by atoms with Crippen molar-refractivity contribution in [3.8, 4) is 0 Å². The molecule has 0 aliphatic heterocycles. The van der Waals surface area contributed by atoms with Gasteiger partial charge in [0, 0.05) is 0 Å². The predicted octanol–water partition coefficient (Wildman–Crippen LogP) is 3.41. The highest BCUT2D eigenvalue weighted by Crippen LogP contribution is 2.06. The minimum absolute atomic E-state index is 1.35. The van der Waals surface area contributed by atoms with Gasteiger partial charge in [0.1, 0.15) is 0 Å². The second-order valence-electron chi connectivity index (χ2n) is 2.67. The molecule has 0 aliphatic carbocycles. The average molecular weight is 148 g/mol. The van der Waals surface area contributed by atoms with E-state index in [1.165, 1.54) is 16.7 Å². The maximum absolute atomic E-state index is 3.00. The molecule has 0 heterocycles. The van der Waals surface area contributed by atoms with Crippen LogP contribution in [0.3, 0.4) is 0 Å². The third-order valence-electron chi connectivity index (χ3n) is 1.37. The molecule has 60 valence electrons. The standard InChI is InChI=1S/C9H12.C2H4/c1-7-4-8(2)6-9(3)5-7;1-2/h4-6H,1-3H3;1-2H2. The van der Waals surface area contributed by atoms with Gasteiger partial charge >= 0.3 is 0 Å². The lowest BCUT2D eigenvalue weighted by molar-refractivity contribution is 1.32. The summed E-state index contributed by atoms with van der Waals surface area (Å²) in [6.45, 7) is 12.4. The molecule has 0 aromatic heterocycles. The van der Waals surface area contributed by atoms with E-state index in [0.29, 0.717) is 0 Å². The van der Waals surface area contributed by atoms with Crippen LogP contribution >= 0.6 is 0 Å². The summed E-state index contributed by atoms with van der Waals surface area (Å²) >= 11 is 0. The van der Waals surface area contributed by atoms with E-state index in [1.54, 1.807) is 0 Å². The summed E-state index contributed by atoms with van der Waals surface area (Å²) in [5.41, 5.74) is 4.06. The Morgan fingerprint density at radius 3 is 1.09 bits per heavy atom. The molecule has 0 spiro atoms. The zero-order chi connectivity index (χ0) is 8.85. The molecule has 0 bridgehead atoms. The minimum atomic E-state index is 1.35. The summed E-state index contributed by atoms with van der Waals surface area (Å²) in [7, 11) is 0. The summed E-state index contributed by atoms with van der Waals surface area (Å²) in [5.74, 6) is 0. The second-order valence-corrected chi connectivity index (χ2v) is 2.67. The van der Waals surface area contributed by atoms with E-state index in [-0.39, 0.29) is 0 Å². The quantitative estimate of drug-likeness (QED) is 0.494. The summed E-state index contributed by atoms with van der Waals surface area (Å²) in [5, 5.41) is 0. The van der Waals surface area contributed by atoms with Gasteiger partial charge in [-0.05, 0) is 20.8 Å². The summed E-state index contributed by atoms with van der Waals surface area (Å²) in [6, 6.07) is 6.56. The first kappa shape index (κ1) is 9.96. The highest BCUT2D eigenvalue weighted by atomic mass is 13.9. The smallest absolute Gasteiger partial charge is 0.0398 e. The van der Waals surface area contributed by atoms with Crippen molar-refractivity contribution < 1.29 is 0 Å². The fraction of sp³-hybridized carbons (Fsp3) is 0.273. The van der Waals surface area contributed by atoms with E-state index < -0.39 is 0 Å². The first-order valence-electron chi connectivity index (χ1n) is 3.73. The normalized spacial score (nSPS) is 8.27. The number of rotatable bonds is 0. The third-order valence-corrected chi connectivity index (χ3v) is 1.37. The topological polar surface area (TPSA) is 0 Å². The predicted molar refractivity (Wildman–Crippen MR) is 51.9 cm³/mol. The highest BCUT2D eigenvalue weighted by molar-refractivity contribution is 5.27. The molecule has 0 saturated heterocycles. The summed E-state index contributed by atoms with van der Waals surface area (Å²) in [4.78, 5) is 0. The fourth-order valence-corrected chi connectivity index (χ4v) is 1.20. The first-order valence-corrected chi connectivity index (χ1v) is 3.73. The number of hydrogen-bond donors (Lipinski definition) is 0. The molecule has 11 heavy (non-hydrogen) atoms. The molecule has 1 aromatic carbocycles. The van der Waals surface area contributed by atoms with Crippen LogP contribution in [0.1, 0.15) is 16.7 Å². The van der Waals surface area contributed by atoms with Crippen molar-refractivity contribution in [2.45, 2.75) is 20.8 Å². The lowest BCUT2D eigenvalue weighted by Gasteiger charge is -1.96. The van der Waals surface area contributed by atoms with E-state index in [4.69, 9.17) is 0 Å². The minimum Gasteiger partial charge on any atom is -0.106 e. The SMILES string of the molecule is C=C.Cc1cc(C)cc(C)c1. The largest absolute Gasteiger partial charge is 0.106 e.